The Morgan fingerprint density at radius 3 is 2.36 bits per heavy atom. The highest BCUT2D eigenvalue weighted by atomic mass is 19.3. The molecule has 0 aromatic carbocycles. The highest BCUT2D eigenvalue weighted by Crippen LogP contribution is 2.25. The molecule has 1 N–H and O–H groups in total. The number of carbonyl (C=O) groups excluding carboxylic acids is 1. The van der Waals surface area contributed by atoms with Crippen LogP contribution in [-0.2, 0) is 11.3 Å². The van der Waals surface area contributed by atoms with Gasteiger partial charge in [-0.25, -0.2) is 17.6 Å². The number of aromatic nitrogens is 2. The molecule has 4 nitrogen and oxygen atoms in total. The Morgan fingerprint density at radius 1 is 1.18 bits per heavy atom. The van der Waals surface area contributed by atoms with Gasteiger partial charge in [0, 0.05) is 6.04 Å². The van der Waals surface area contributed by atoms with Gasteiger partial charge in [0.05, 0.1) is 0 Å². The van der Waals surface area contributed by atoms with Crippen molar-refractivity contribution in [3.8, 4) is 0 Å². The second kappa shape index (κ2) is 7.60. The van der Waals surface area contributed by atoms with E-state index in [1.165, 1.54) is 0 Å². The number of amides is 1. The largest absolute Gasteiger partial charge is 0.352 e. The van der Waals surface area contributed by atoms with Crippen molar-refractivity contribution in [2.24, 2.45) is 0 Å². The van der Waals surface area contributed by atoms with Gasteiger partial charge in [0.1, 0.15) is 17.9 Å². The highest BCUT2D eigenvalue weighted by Gasteiger charge is 2.23. The molecule has 1 aliphatic rings. The van der Waals surface area contributed by atoms with E-state index in [-0.39, 0.29) is 6.04 Å². The summed E-state index contributed by atoms with van der Waals surface area (Å²) in [4.78, 5) is 11.9. The van der Waals surface area contributed by atoms with Gasteiger partial charge in [0.15, 0.2) is 0 Å². The fourth-order valence-corrected chi connectivity index (χ4v) is 2.69. The third kappa shape index (κ3) is 4.45. The van der Waals surface area contributed by atoms with Crippen LogP contribution in [0.4, 0.5) is 17.6 Å². The van der Waals surface area contributed by atoms with Gasteiger partial charge in [-0.1, -0.05) is 25.7 Å². The zero-order valence-corrected chi connectivity index (χ0v) is 12.1. The summed E-state index contributed by atoms with van der Waals surface area (Å²) < 4.78 is 51.4. The van der Waals surface area contributed by atoms with E-state index in [2.05, 4.69) is 10.4 Å². The van der Waals surface area contributed by atoms with Crippen LogP contribution in [0.15, 0.2) is 6.07 Å². The summed E-state index contributed by atoms with van der Waals surface area (Å²) in [5.74, 6) is -0.474. The quantitative estimate of drug-likeness (QED) is 0.665. The van der Waals surface area contributed by atoms with Crippen molar-refractivity contribution < 1.29 is 22.4 Å². The number of carbonyl (C=O) groups is 1. The fourth-order valence-electron chi connectivity index (χ4n) is 2.69. The second-order valence-electron chi connectivity index (χ2n) is 5.51. The van der Waals surface area contributed by atoms with Gasteiger partial charge >= 0.3 is 0 Å². The zero-order valence-electron chi connectivity index (χ0n) is 12.1. The maximum atomic E-state index is 12.8. The molecule has 0 radical (unpaired) electrons. The average molecular weight is 321 g/mol. The van der Waals surface area contributed by atoms with Crippen molar-refractivity contribution >= 4 is 5.91 Å². The Morgan fingerprint density at radius 2 is 1.82 bits per heavy atom. The average Bonchev–Trinajstić information content (AvgIpc) is 2.69. The minimum atomic E-state index is -2.95. The normalized spacial score (nSPS) is 17.0. The van der Waals surface area contributed by atoms with Crippen molar-refractivity contribution in [3.05, 3.63) is 17.5 Å². The first-order valence-electron chi connectivity index (χ1n) is 7.40. The molecule has 1 aliphatic carbocycles. The van der Waals surface area contributed by atoms with Crippen molar-refractivity contribution in [1.82, 2.24) is 15.1 Å². The van der Waals surface area contributed by atoms with Gasteiger partial charge in [0.25, 0.3) is 12.9 Å². The smallest absolute Gasteiger partial charge is 0.282 e. The molecule has 124 valence electrons. The van der Waals surface area contributed by atoms with Gasteiger partial charge in [-0.2, -0.15) is 5.10 Å². The molecule has 1 heterocycles. The third-order valence-corrected chi connectivity index (χ3v) is 3.79. The molecular weight excluding hydrogens is 302 g/mol. The Labute approximate surface area is 125 Å². The summed E-state index contributed by atoms with van der Waals surface area (Å²) in [6.45, 7) is -0.469. The summed E-state index contributed by atoms with van der Waals surface area (Å²) in [7, 11) is 0. The number of alkyl halides is 4. The number of nitrogens with zero attached hydrogens (tertiary/aromatic N) is 2. The van der Waals surface area contributed by atoms with E-state index in [1.807, 2.05) is 0 Å². The van der Waals surface area contributed by atoms with E-state index in [9.17, 15) is 22.4 Å². The van der Waals surface area contributed by atoms with E-state index in [1.54, 1.807) is 0 Å². The molecule has 1 saturated carbocycles. The lowest BCUT2D eigenvalue weighted by molar-refractivity contribution is -0.122. The first kappa shape index (κ1) is 16.8. The van der Waals surface area contributed by atoms with E-state index in [4.69, 9.17) is 0 Å². The van der Waals surface area contributed by atoms with Gasteiger partial charge < -0.3 is 5.32 Å². The Balaban J connectivity index is 2.00. The van der Waals surface area contributed by atoms with Crippen LogP contribution in [0.25, 0.3) is 0 Å². The maximum Gasteiger partial charge on any atom is 0.282 e. The molecule has 1 aromatic heterocycles. The lowest BCUT2D eigenvalue weighted by atomic mass is 10.1. The molecule has 2 rings (SSSR count). The maximum absolute atomic E-state index is 12.8. The van der Waals surface area contributed by atoms with Crippen LogP contribution >= 0.6 is 0 Å². The van der Waals surface area contributed by atoms with Crippen LogP contribution in [0.2, 0.25) is 0 Å². The zero-order chi connectivity index (χ0) is 16.1. The molecule has 0 saturated heterocycles. The van der Waals surface area contributed by atoms with Crippen LogP contribution < -0.4 is 5.32 Å². The Hall–Kier alpha value is -1.60. The van der Waals surface area contributed by atoms with Crippen molar-refractivity contribution in [3.63, 3.8) is 0 Å². The molecule has 0 unspecified atom stereocenters. The van der Waals surface area contributed by atoms with Crippen LogP contribution in [0.5, 0.6) is 0 Å². The van der Waals surface area contributed by atoms with Crippen LogP contribution in [0, 0.1) is 0 Å². The van der Waals surface area contributed by atoms with Crippen LogP contribution in [0.3, 0.4) is 0 Å². The lowest BCUT2D eigenvalue weighted by Crippen LogP contribution is -2.37. The molecule has 0 atom stereocenters. The van der Waals surface area contributed by atoms with E-state index < -0.39 is 36.7 Å². The molecule has 1 amide bonds. The molecule has 0 spiro atoms. The first-order valence-corrected chi connectivity index (χ1v) is 7.40. The first-order chi connectivity index (χ1) is 10.5. The van der Waals surface area contributed by atoms with Crippen molar-refractivity contribution in [2.45, 2.75) is 64.0 Å². The van der Waals surface area contributed by atoms with E-state index in [0.29, 0.717) is 10.7 Å². The van der Waals surface area contributed by atoms with Crippen LogP contribution in [0.1, 0.15) is 62.8 Å². The van der Waals surface area contributed by atoms with Gasteiger partial charge in [-0.05, 0) is 18.9 Å². The minimum Gasteiger partial charge on any atom is -0.352 e. The van der Waals surface area contributed by atoms with Crippen molar-refractivity contribution in [1.29, 1.82) is 0 Å². The summed E-state index contributed by atoms with van der Waals surface area (Å²) in [5.41, 5.74) is -1.40. The molecular formula is C14H19F4N3O. The monoisotopic (exact) mass is 321 g/mol. The minimum absolute atomic E-state index is 0.0233. The molecule has 22 heavy (non-hydrogen) atoms. The fraction of sp³-hybridized carbons (Fsp3) is 0.714. The SMILES string of the molecule is O=C(Cn1nc(C(F)F)cc1C(F)F)NC1CCCCCC1. The molecule has 8 heteroatoms. The standard InChI is InChI=1S/C14H19F4N3O/c15-13(16)10-7-11(14(17)18)21(20-10)8-12(22)19-9-5-3-1-2-4-6-9/h7,9,13-14H,1-6,8H2,(H,19,22). The number of nitrogens with one attached hydrogen (secondary N) is 1. The Bertz CT molecular complexity index is 496. The summed E-state index contributed by atoms with van der Waals surface area (Å²) in [5, 5.41) is 6.19. The van der Waals surface area contributed by atoms with Gasteiger partial charge in [-0.15, -0.1) is 0 Å². The topological polar surface area (TPSA) is 46.9 Å². The second-order valence-corrected chi connectivity index (χ2v) is 5.51. The molecule has 1 fully saturated rings. The van der Waals surface area contributed by atoms with Gasteiger partial charge in [-0.3, -0.25) is 9.48 Å². The summed E-state index contributed by atoms with van der Waals surface area (Å²) >= 11 is 0. The number of hydrogen-bond donors (Lipinski definition) is 1. The van der Waals surface area contributed by atoms with Crippen molar-refractivity contribution in [2.75, 3.05) is 0 Å². The summed E-state index contributed by atoms with van der Waals surface area (Å²) in [6.07, 6.45) is 0.102. The lowest BCUT2D eigenvalue weighted by Gasteiger charge is -2.16. The molecule has 0 bridgehead atoms. The van der Waals surface area contributed by atoms with Crippen LogP contribution in [-0.4, -0.2) is 21.7 Å². The number of halogens is 4. The molecule has 0 aliphatic heterocycles. The predicted octanol–water partition coefficient (Wildman–Crippen LogP) is 3.60. The third-order valence-electron chi connectivity index (χ3n) is 3.79. The number of hydrogen-bond acceptors (Lipinski definition) is 2. The van der Waals surface area contributed by atoms with Gasteiger partial charge in [0.2, 0.25) is 5.91 Å². The highest BCUT2D eigenvalue weighted by molar-refractivity contribution is 5.76. The molecule has 1 aromatic rings. The Kier molecular flexibility index (Phi) is 5.79. The number of rotatable bonds is 5. The van der Waals surface area contributed by atoms with E-state index >= 15 is 0 Å². The van der Waals surface area contributed by atoms with E-state index in [0.717, 1.165) is 38.5 Å². The predicted molar refractivity (Wildman–Crippen MR) is 71.8 cm³/mol. The summed E-state index contributed by atoms with van der Waals surface area (Å²) in [6, 6.07) is 0.670.